The molecule has 4 heterocycles. The third kappa shape index (κ3) is 4.28. The maximum Gasteiger partial charge on any atom is 0.570 e. The highest BCUT2D eigenvalue weighted by Crippen LogP contribution is 2.59. The third-order valence-electron chi connectivity index (χ3n) is 5.18. The van der Waals surface area contributed by atoms with Gasteiger partial charge in [-0.15, -0.1) is 4.52 Å². The second-order valence-corrected chi connectivity index (χ2v) is 9.74. The molecule has 2 aliphatic heterocycles. The van der Waals surface area contributed by atoms with E-state index in [1.165, 1.54) is 26.3 Å². The molecule has 4 atom stereocenters. The topological polar surface area (TPSA) is 147 Å². The lowest BCUT2D eigenvalue weighted by atomic mass is 10.1. The fraction of sp³-hybridized carbons (Fsp3) is 0.706. The minimum Gasteiger partial charge on any atom is -0.382 e. The van der Waals surface area contributed by atoms with E-state index in [0.717, 1.165) is 18.6 Å². The summed E-state index contributed by atoms with van der Waals surface area (Å²) in [6.07, 6.45) is 3.48. The van der Waals surface area contributed by atoms with E-state index in [0.29, 0.717) is 16.3 Å². The summed E-state index contributed by atoms with van der Waals surface area (Å²) in [4.78, 5) is 32.8. The van der Waals surface area contributed by atoms with E-state index in [4.69, 9.17) is 24.3 Å². The van der Waals surface area contributed by atoms with Crippen molar-refractivity contribution in [2.45, 2.75) is 62.3 Å². The molecule has 4 rings (SSSR count). The van der Waals surface area contributed by atoms with Gasteiger partial charge in [-0.25, -0.2) is 15.0 Å². The third-order valence-corrected chi connectivity index (χ3v) is 7.22. The van der Waals surface area contributed by atoms with Crippen molar-refractivity contribution in [3.63, 3.8) is 0 Å². The molecule has 0 amide bonds. The molecule has 13 heteroatoms. The molecule has 166 valence electrons. The van der Waals surface area contributed by atoms with Crippen LogP contribution in [0.5, 0.6) is 0 Å². The van der Waals surface area contributed by atoms with Crippen molar-refractivity contribution < 1.29 is 28.3 Å². The molecule has 2 aromatic heterocycles. The van der Waals surface area contributed by atoms with Gasteiger partial charge in [-0.2, -0.15) is 14.3 Å². The molecule has 0 radical (unpaired) electrons. The molecule has 0 bridgehead atoms. The molecule has 0 aromatic carbocycles. The highest BCUT2D eigenvalue weighted by atomic mass is 32.2. The maximum atomic E-state index is 9.85. The Balaban J connectivity index is 1.66. The van der Waals surface area contributed by atoms with Gasteiger partial charge in [0, 0.05) is 12.9 Å². The van der Waals surface area contributed by atoms with Crippen LogP contribution in [0.4, 0.5) is 5.82 Å². The number of methoxy groups -OCH3 is 1. The minimum absolute atomic E-state index is 0.00888. The molecule has 0 spiro atoms. The van der Waals surface area contributed by atoms with Gasteiger partial charge in [0.1, 0.15) is 25.1 Å². The summed E-state index contributed by atoms with van der Waals surface area (Å²) in [6, 6.07) is 0. The molecular formula is C17H27N5O6PS+. The van der Waals surface area contributed by atoms with Crippen molar-refractivity contribution in [3.8, 4) is 0 Å². The zero-order chi connectivity index (χ0) is 21.3. The molecule has 2 aromatic rings. The minimum atomic E-state index is -3.89. The van der Waals surface area contributed by atoms with E-state index in [1.54, 1.807) is 11.8 Å². The fourth-order valence-corrected chi connectivity index (χ4v) is 5.71. The zero-order valence-electron chi connectivity index (χ0n) is 16.9. The number of nitrogens with two attached hydrogens (primary N) is 1. The number of fused-ring (bicyclic) bond motifs is 2. The van der Waals surface area contributed by atoms with Gasteiger partial charge in [-0.1, -0.05) is 37.9 Å². The van der Waals surface area contributed by atoms with Crippen LogP contribution >= 0.6 is 19.9 Å². The Morgan fingerprint density at radius 3 is 2.93 bits per heavy atom. The van der Waals surface area contributed by atoms with Crippen LogP contribution in [-0.4, -0.2) is 67.1 Å². The molecule has 2 fully saturated rings. The molecule has 0 saturated carbocycles. The van der Waals surface area contributed by atoms with Gasteiger partial charge in [-0.05, 0) is 6.42 Å². The predicted octanol–water partition coefficient (Wildman–Crippen LogP) is 2.07. The Kier molecular flexibility index (Phi) is 6.76. The first kappa shape index (κ1) is 22.1. The maximum absolute atomic E-state index is 9.85. The number of aromatic nitrogens is 4. The van der Waals surface area contributed by atoms with Gasteiger partial charge >= 0.3 is 8.17 Å². The summed E-state index contributed by atoms with van der Waals surface area (Å²) < 4.78 is 24.1. The van der Waals surface area contributed by atoms with Crippen LogP contribution in [0.3, 0.4) is 0 Å². The van der Waals surface area contributed by atoms with Gasteiger partial charge < -0.3 is 15.2 Å². The summed E-state index contributed by atoms with van der Waals surface area (Å²) in [5.74, 6) is 1.17. The number of rotatable bonds is 8. The van der Waals surface area contributed by atoms with E-state index >= 15 is 0 Å². The van der Waals surface area contributed by atoms with E-state index in [-0.39, 0.29) is 12.4 Å². The highest BCUT2D eigenvalue weighted by molar-refractivity contribution is 7.99. The first-order valence-electron chi connectivity index (χ1n) is 9.92. The number of nitrogens with zero attached hydrogens (tertiary/aromatic N) is 4. The number of thioether (sulfide) groups is 1. The van der Waals surface area contributed by atoms with Gasteiger partial charge in [0.2, 0.25) is 0 Å². The second kappa shape index (κ2) is 9.17. The number of nitrogen functional groups attached to an aromatic ring is 1. The Morgan fingerprint density at radius 2 is 2.17 bits per heavy atom. The summed E-state index contributed by atoms with van der Waals surface area (Å²) >= 11 is 1.59. The molecule has 4 N–H and O–H groups in total. The predicted molar refractivity (Wildman–Crippen MR) is 111 cm³/mol. The van der Waals surface area contributed by atoms with Crippen molar-refractivity contribution in [1.82, 2.24) is 19.5 Å². The lowest BCUT2D eigenvalue weighted by molar-refractivity contribution is -0.0763. The quantitative estimate of drug-likeness (QED) is 0.302. The normalized spacial score (nSPS) is 28.1. The summed E-state index contributed by atoms with van der Waals surface area (Å²) in [6.45, 7) is 2.17. The van der Waals surface area contributed by atoms with Crippen molar-refractivity contribution in [2.75, 3.05) is 25.2 Å². The van der Waals surface area contributed by atoms with Crippen LogP contribution in [0.25, 0.3) is 11.2 Å². The number of imidazole rings is 1. The molecule has 2 aliphatic rings. The fourth-order valence-electron chi connectivity index (χ4n) is 3.72. The average Bonchev–Trinajstić information content (AvgIpc) is 3.25. The molecular weight excluding hydrogens is 433 g/mol. The molecule has 30 heavy (non-hydrogen) atoms. The highest BCUT2D eigenvalue weighted by Gasteiger charge is 2.60. The molecule has 0 aliphatic carbocycles. The molecule has 1 unspecified atom stereocenters. The van der Waals surface area contributed by atoms with E-state index in [1.807, 2.05) is 4.57 Å². The zero-order valence-corrected chi connectivity index (χ0v) is 18.6. The van der Waals surface area contributed by atoms with E-state index in [2.05, 4.69) is 21.9 Å². The second-order valence-electron chi connectivity index (χ2n) is 7.23. The van der Waals surface area contributed by atoms with Crippen LogP contribution in [0, 0.1) is 0 Å². The Labute approximate surface area is 178 Å². The Morgan fingerprint density at radius 1 is 1.33 bits per heavy atom. The number of ether oxygens (including phenoxy) is 2. The van der Waals surface area contributed by atoms with Crippen LogP contribution in [0.1, 0.15) is 38.8 Å². The lowest BCUT2D eigenvalue weighted by Crippen LogP contribution is -2.41. The number of anilines is 1. The first-order valence-corrected chi connectivity index (χ1v) is 12.4. The van der Waals surface area contributed by atoms with Gasteiger partial charge in [0.15, 0.2) is 34.5 Å². The van der Waals surface area contributed by atoms with Crippen molar-refractivity contribution >= 4 is 36.9 Å². The number of hydrogen-bond donors (Lipinski definition) is 3. The lowest BCUT2D eigenvalue weighted by Gasteiger charge is -2.26. The Hall–Kier alpha value is -1.11. The van der Waals surface area contributed by atoms with Crippen LogP contribution in [-0.2, 0) is 18.5 Å². The van der Waals surface area contributed by atoms with Crippen LogP contribution in [0.2, 0.25) is 0 Å². The first-order chi connectivity index (χ1) is 14.4. The number of unbranched alkanes of at least 4 members (excludes halogenated alkanes) is 3. The van der Waals surface area contributed by atoms with Crippen LogP contribution in [0.15, 0.2) is 11.5 Å². The summed E-state index contributed by atoms with van der Waals surface area (Å²) in [5.41, 5.74) is 7.05. The van der Waals surface area contributed by atoms with Crippen molar-refractivity contribution in [1.29, 1.82) is 0 Å². The van der Waals surface area contributed by atoms with Gasteiger partial charge in [0.05, 0.1) is 0 Å². The SMILES string of the molecule is CCCCCCSc1nc2c(N)ncnc2n1[C@@H]1O[C@@H]2CO[P+](O)(O)O[C@H]2C1OC. The molecule has 2 saturated heterocycles. The smallest absolute Gasteiger partial charge is 0.382 e. The largest absolute Gasteiger partial charge is 0.570 e. The van der Waals surface area contributed by atoms with Crippen molar-refractivity contribution in [2.24, 2.45) is 0 Å². The monoisotopic (exact) mass is 460 g/mol. The van der Waals surface area contributed by atoms with E-state index in [9.17, 15) is 9.79 Å². The van der Waals surface area contributed by atoms with Crippen LogP contribution < -0.4 is 5.73 Å². The Bertz CT molecular complexity index is 886. The van der Waals surface area contributed by atoms with Gasteiger partial charge in [-0.3, -0.25) is 4.57 Å². The van der Waals surface area contributed by atoms with Crippen molar-refractivity contribution in [3.05, 3.63) is 6.33 Å². The summed E-state index contributed by atoms with van der Waals surface area (Å²) in [7, 11) is -2.37. The van der Waals surface area contributed by atoms with Gasteiger partial charge in [0.25, 0.3) is 0 Å². The van der Waals surface area contributed by atoms with E-state index < -0.39 is 32.7 Å². The standard InChI is InChI=1S/C17H27N5O6PS/c1-3-4-5-6-7-30-17-21-11-14(18)19-9-20-15(11)22(17)16-13(25-2)12-10(27-16)8-26-29(23,24)28-12/h9-10,12-13,16,23-24H,3-8H2,1-2H3,(H2,18,19,20)/q+1/t10-,12-,13?,16-/m1/s1. The summed E-state index contributed by atoms with van der Waals surface area (Å²) in [5, 5.41) is 0.689. The molecule has 11 nitrogen and oxygen atoms in total. The average molecular weight is 460 g/mol. The number of hydrogen-bond acceptors (Lipinski definition) is 11.